The Bertz CT molecular complexity index is 571. The second-order valence-corrected chi connectivity index (χ2v) is 4.20. The van der Waals surface area contributed by atoms with Crippen LogP contribution in [0.1, 0.15) is 21.4 Å². The molecule has 2 heterocycles. The molecule has 0 radical (unpaired) electrons. The van der Waals surface area contributed by atoms with Gasteiger partial charge in [0.25, 0.3) is 5.91 Å². The molecular weight excluding hydrogens is 236 g/mol. The average Bonchev–Trinajstić information content (AvgIpc) is 2.64. The lowest BCUT2D eigenvalue weighted by Crippen LogP contribution is -2.25. The highest BCUT2D eigenvalue weighted by atomic mass is 35.5. The zero-order valence-corrected chi connectivity index (χ0v) is 9.63. The summed E-state index contributed by atoms with van der Waals surface area (Å²) in [4.78, 5) is 17.9. The summed E-state index contributed by atoms with van der Waals surface area (Å²) in [6.45, 7) is 0. The lowest BCUT2D eigenvalue weighted by atomic mass is 10.1. The SMILES string of the molecule is O=C1c2ccccc2[C@@H](Cl)N1c1ccccn1. The Balaban J connectivity index is 2.10. The van der Waals surface area contributed by atoms with Crippen molar-refractivity contribution in [2.75, 3.05) is 4.90 Å². The molecule has 1 amide bonds. The van der Waals surface area contributed by atoms with Crippen LogP contribution in [0.2, 0.25) is 0 Å². The summed E-state index contributed by atoms with van der Waals surface area (Å²) >= 11 is 6.30. The Morgan fingerprint density at radius 1 is 1.12 bits per heavy atom. The number of rotatable bonds is 1. The predicted molar refractivity (Wildman–Crippen MR) is 66.1 cm³/mol. The lowest BCUT2D eigenvalue weighted by molar-refractivity contribution is 0.0995. The number of anilines is 1. The zero-order valence-electron chi connectivity index (χ0n) is 8.88. The first-order valence-corrected chi connectivity index (χ1v) is 5.70. The summed E-state index contributed by atoms with van der Waals surface area (Å²) in [6, 6.07) is 12.8. The highest BCUT2D eigenvalue weighted by Gasteiger charge is 2.36. The van der Waals surface area contributed by atoms with Crippen molar-refractivity contribution >= 4 is 23.3 Å². The second-order valence-electron chi connectivity index (χ2n) is 3.79. The fourth-order valence-corrected chi connectivity index (χ4v) is 2.37. The van der Waals surface area contributed by atoms with Crippen molar-refractivity contribution in [3.8, 4) is 0 Å². The fraction of sp³-hybridized carbons (Fsp3) is 0.0769. The van der Waals surface area contributed by atoms with E-state index in [0.717, 1.165) is 5.56 Å². The third kappa shape index (κ3) is 1.51. The monoisotopic (exact) mass is 244 g/mol. The first-order valence-electron chi connectivity index (χ1n) is 5.26. The molecule has 3 nitrogen and oxygen atoms in total. The number of hydrogen-bond donors (Lipinski definition) is 0. The summed E-state index contributed by atoms with van der Waals surface area (Å²) in [5, 5.41) is 0. The van der Waals surface area contributed by atoms with E-state index in [0.29, 0.717) is 11.4 Å². The van der Waals surface area contributed by atoms with Gasteiger partial charge in [0.15, 0.2) is 0 Å². The molecule has 0 aliphatic carbocycles. The molecule has 3 rings (SSSR count). The maximum atomic E-state index is 12.2. The van der Waals surface area contributed by atoms with Gasteiger partial charge >= 0.3 is 0 Å². The minimum absolute atomic E-state index is 0.0979. The molecule has 2 aromatic rings. The molecule has 0 saturated carbocycles. The van der Waals surface area contributed by atoms with Crippen molar-refractivity contribution in [1.82, 2.24) is 4.98 Å². The van der Waals surface area contributed by atoms with Crippen molar-refractivity contribution in [3.05, 3.63) is 59.8 Å². The molecule has 1 aromatic carbocycles. The van der Waals surface area contributed by atoms with Gasteiger partial charge in [0.05, 0.1) is 0 Å². The standard InChI is InChI=1S/C13H9ClN2O/c14-12-9-5-1-2-6-10(9)13(17)16(12)11-7-3-4-8-15-11/h1-8,12H/t12-/m0/s1. The first-order chi connectivity index (χ1) is 8.29. The topological polar surface area (TPSA) is 33.2 Å². The summed E-state index contributed by atoms with van der Waals surface area (Å²) in [5.74, 6) is 0.480. The molecule has 17 heavy (non-hydrogen) atoms. The van der Waals surface area contributed by atoms with Gasteiger partial charge in [0.1, 0.15) is 11.3 Å². The van der Waals surface area contributed by atoms with E-state index >= 15 is 0 Å². The molecule has 0 spiro atoms. The molecule has 0 fully saturated rings. The normalized spacial score (nSPS) is 18.3. The van der Waals surface area contributed by atoms with Crippen molar-refractivity contribution in [2.45, 2.75) is 5.50 Å². The van der Waals surface area contributed by atoms with Gasteiger partial charge in [-0.05, 0) is 18.2 Å². The smallest absolute Gasteiger partial charge is 0.261 e. The van der Waals surface area contributed by atoms with Crippen molar-refractivity contribution < 1.29 is 4.79 Å². The number of carbonyl (C=O) groups is 1. The number of aromatic nitrogens is 1. The number of amides is 1. The van der Waals surface area contributed by atoms with Crippen LogP contribution in [-0.2, 0) is 0 Å². The quantitative estimate of drug-likeness (QED) is 0.571. The van der Waals surface area contributed by atoms with Crippen LogP contribution in [-0.4, -0.2) is 10.9 Å². The molecule has 1 aliphatic rings. The van der Waals surface area contributed by atoms with Gasteiger partial charge < -0.3 is 0 Å². The van der Waals surface area contributed by atoms with Crippen LogP contribution in [0.4, 0.5) is 5.82 Å². The van der Waals surface area contributed by atoms with Gasteiger partial charge in [-0.15, -0.1) is 0 Å². The molecule has 0 saturated heterocycles. The number of carbonyl (C=O) groups excluding carboxylic acids is 1. The van der Waals surface area contributed by atoms with Crippen LogP contribution in [0.5, 0.6) is 0 Å². The second kappa shape index (κ2) is 3.86. The Hall–Kier alpha value is -1.87. The summed E-state index contributed by atoms with van der Waals surface area (Å²) in [6.07, 6.45) is 1.65. The fourth-order valence-electron chi connectivity index (χ4n) is 1.99. The molecule has 1 aliphatic heterocycles. The van der Waals surface area contributed by atoms with Crippen LogP contribution in [0.3, 0.4) is 0 Å². The van der Waals surface area contributed by atoms with Crippen LogP contribution in [0.15, 0.2) is 48.7 Å². The summed E-state index contributed by atoms with van der Waals surface area (Å²) in [5.41, 5.74) is 1.01. The first kappa shape index (κ1) is 10.3. The third-order valence-corrected chi connectivity index (χ3v) is 3.22. The van der Waals surface area contributed by atoms with Crippen molar-refractivity contribution in [3.63, 3.8) is 0 Å². The van der Waals surface area contributed by atoms with Crippen LogP contribution < -0.4 is 4.90 Å². The van der Waals surface area contributed by atoms with Gasteiger partial charge in [-0.2, -0.15) is 0 Å². The Morgan fingerprint density at radius 2 is 1.88 bits per heavy atom. The van der Waals surface area contributed by atoms with Gasteiger partial charge in [-0.3, -0.25) is 9.69 Å². The minimum atomic E-state index is -0.478. The highest BCUT2D eigenvalue weighted by Crippen LogP contribution is 2.38. The minimum Gasteiger partial charge on any atom is -0.271 e. The molecule has 4 heteroatoms. The van der Waals surface area contributed by atoms with E-state index in [1.54, 1.807) is 24.4 Å². The molecular formula is C13H9ClN2O. The van der Waals surface area contributed by atoms with E-state index in [1.807, 2.05) is 24.3 Å². The van der Waals surface area contributed by atoms with Gasteiger partial charge in [-0.25, -0.2) is 4.98 Å². The number of fused-ring (bicyclic) bond motifs is 1. The van der Waals surface area contributed by atoms with Crippen molar-refractivity contribution in [1.29, 1.82) is 0 Å². The highest BCUT2D eigenvalue weighted by molar-refractivity contribution is 6.29. The predicted octanol–water partition coefficient (Wildman–Crippen LogP) is 2.98. The van der Waals surface area contributed by atoms with E-state index < -0.39 is 5.50 Å². The maximum Gasteiger partial charge on any atom is 0.261 e. The van der Waals surface area contributed by atoms with Crippen LogP contribution in [0, 0.1) is 0 Å². The molecule has 1 aromatic heterocycles. The number of benzene rings is 1. The van der Waals surface area contributed by atoms with E-state index in [-0.39, 0.29) is 5.91 Å². The summed E-state index contributed by atoms with van der Waals surface area (Å²) in [7, 11) is 0. The molecule has 84 valence electrons. The Morgan fingerprint density at radius 3 is 2.59 bits per heavy atom. The number of halogens is 1. The third-order valence-electron chi connectivity index (χ3n) is 2.79. The average molecular weight is 245 g/mol. The van der Waals surface area contributed by atoms with Gasteiger partial charge in [-0.1, -0.05) is 35.9 Å². The lowest BCUT2D eigenvalue weighted by Gasteiger charge is -2.18. The van der Waals surface area contributed by atoms with Crippen LogP contribution in [0.25, 0.3) is 0 Å². The summed E-state index contributed by atoms with van der Waals surface area (Å²) < 4.78 is 0. The number of alkyl halides is 1. The number of pyridine rings is 1. The molecule has 0 bridgehead atoms. The maximum absolute atomic E-state index is 12.2. The van der Waals surface area contributed by atoms with E-state index in [4.69, 9.17) is 11.6 Å². The van der Waals surface area contributed by atoms with Crippen LogP contribution >= 0.6 is 11.6 Å². The molecule has 0 unspecified atom stereocenters. The van der Waals surface area contributed by atoms with Gasteiger partial charge in [0, 0.05) is 17.3 Å². The Kier molecular flexibility index (Phi) is 2.34. The number of nitrogens with zero attached hydrogens (tertiary/aromatic N) is 2. The van der Waals surface area contributed by atoms with Gasteiger partial charge in [0.2, 0.25) is 0 Å². The van der Waals surface area contributed by atoms with Crippen molar-refractivity contribution in [2.24, 2.45) is 0 Å². The molecule has 0 N–H and O–H groups in total. The van der Waals surface area contributed by atoms with E-state index in [1.165, 1.54) is 4.90 Å². The Labute approximate surface area is 104 Å². The number of hydrogen-bond acceptors (Lipinski definition) is 2. The van der Waals surface area contributed by atoms with E-state index in [9.17, 15) is 4.79 Å². The zero-order chi connectivity index (χ0) is 11.8. The van der Waals surface area contributed by atoms with E-state index in [2.05, 4.69) is 4.98 Å². The molecule has 1 atom stereocenters. The largest absolute Gasteiger partial charge is 0.271 e.